The number of amides is 2. The van der Waals surface area contributed by atoms with Crippen LogP contribution in [0.5, 0.6) is 0 Å². The molecule has 27 heavy (non-hydrogen) atoms. The van der Waals surface area contributed by atoms with Gasteiger partial charge < -0.3 is 10.6 Å². The number of aromatic nitrogens is 1. The maximum absolute atomic E-state index is 12.5. The third-order valence-corrected chi connectivity index (χ3v) is 3.94. The first kappa shape index (κ1) is 17.8. The van der Waals surface area contributed by atoms with Crippen LogP contribution in [0, 0.1) is 18.3 Å². The first-order valence-corrected chi connectivity index (χ1v) is 8.22. The Morgan fingerprint density at radius 2 is 1.59 bits per heavy atom. The lowest BCUT2D eigenvalue weighted by Gasteiger charge is -2.09. The average molecular weight is 356 g/mol. The lowest BCUT2D eigenvalue weighted by molar-refractivity contribution is 0.102. The van der Waals surface area contributed by atoms with E-state index in [0.717, 1.165) is 5.56 Å². The first-order chi connectivity index (χ1) is 13.1. The van der Waals surface area contributed by atoms with E-state index in [1.165, 1.54) is 18.3 Å². The Morgan fingerprint density at radius 1 is 0.926 bits per heavy atom. The third kappa shape index (κ3) is 4.17. The van der Waals surface area contributed by atoms with Gasteiger partial charge in [-0.15, -0.1) is 0 Å². The molecule has 6 heteroatoms. The SMILES string of the molecule is Cc1ccccc1NC(=O)c1cc(C(=O)Nc2ccccc2C#N)ccn1. The van der Waals surface area contributed by atoms with E-state index in [-0.39, 0.29) is 11.3 Å². The van der Waals surface area contributed by atoms with Gasteiger partial charge in [0, 0.05) is 17.4 Å². The zero-order valence-corrected chi connectivity index (χ0v) is 14.6. The highest BCUT2D eigenvalue weighted by Crippen LogP contribution is 2.17. The minimum Gasteiger partial charge on any atom is -0.321 e. The summed E-state index contributed by atoms with van der Waals surface area (Å²) in [5, 5.41) is 14.6. The van der Waals surface area contributed by atoms with Gasteiger partial charge in [-0.25, -0.2) is 0 Å². The molecule has 0 aliphatic heterocycles. The quantitative estimate of drug-likeness (QED) is 0.744. The van der Waals surface area contributed by atoms with E-state index in [0.29, 0.717) is 16.9 Å². The van der Waals surface area contributed by atoms with E-state index in [1.54, 1.807) is 30.3 Å². The van der Waals surface area contributed by atoms with Gasteiger partial charge in [-0.2, -0.15) is 5.26 Å². The third-order valence-electron chi connectivity index (χ3n) is 3.94. The van der Waals surface area contributed by atoms with Crippen LogP contribution < -0.4 is 10.6 Å². The van der Waals surface area contributed by atoms with E-state index in [4.69, 9.17) is 5.26 Å². The maximum Gasteiger partial charge on any atom is 0.274 e. The molecule has 0 aliphatic rings. The largest absolute Gasteiger partial charge is 0.321 e. The monoisotopic (exact) mass is 356 g/mol. The van der Waals surface area contributed by atoms with Crippen molar-refractivity contribution < 1.29 is 9.59 Å². The normalized spacial score (nSPS) is 9.93. The van der Waals surface area contributed by atoms with Gasteiger partial charge >= 0.3 is 0 Å². The molecule has 2 amide bonds. The standard InChI is InChI=1S/C21H16N4O2/c1-14-6-2-4-8-17(14)24-21(27)19-12-15(10-11-23-19)20(26)25-18-9-5-3-7-16(18)13-22/h2-12H,1H3,(H,24,27)(H,25,26). The Kier molecular flexibility index (Phi) is 5.24. The highest BCUT2D eigenvalue weighted by Gasteiger charge is 2.14. The minimum absolute atomic E-state index is 0.125. The van der Waals surface area contributed by atoms with Crippen molar-refractivity contribution >= 4 is 23.2 Å². The summed E-state index contributed by atoms with van der Waals surface area (Å²) in [5.74, 6) is -0.832. The molecule has 1 heterocycles. The second-order valence-electron chi connectivity index (χ2n) is 5.81. The number of carbonyl (C=O) groups is 2. The molecule has 132 valence electrons. The summed E-state index contributed by atoms with van der Waals surface area (Å²) >= 11 is 0. The molecule has 0 saturated carbocycles. The molecule has 2 aromatic carbocycles. The number of aryl methyl sites for hydroxylation is 1. The van der Waals surface area contributed by atoms with E-state index in [1.807, 2.05) is 31.2 Å². The summed E-state index contributed by atoms with van der Waals surface area (Å²) in [6.07, 6.45) is 1.40. The number of benzene rings is 2. The highest BCUT2D eigenvalue weighted by atomic mass is 16.2. The van der Waals surface area contributed by atoms with Crippen molar-refractivity contribution in [1.82, 2.24) is 4.98 Å². The molecular formula is C21H16N4O2. The molecule has 0 aliphatic carbocycles. The van der Waals surface area contributed by atoms with Crippen LogP contribution >= 0.6 is 0 Å². The molecule has 1 aromatic heterocycles. The van der Waals surface area contributed by atoms with Crippen molar-refractivity contribution in [3.8, 4) is 6.07 Å². The Morgan fingerprint density at radius 3 is 2.33 bits per heavy atom. The van der Waals surface area contributed by atoms with Crippen molar-refractivity contribution in [2.45, 2.75) is 6.92 Å². The van der Waals surface area contributed by atoms with Crippen molar-refractivity contribution in [2.75, 3.05) is 10.6 Å². The van der Waals surface area contributed by atoms with Crippen molar-refractivity contribution in [2.24, 2.45) is 0 Å². The van der Waals surface area contributed by atoms with Gasteiger partial charge in [0.1, 0.15) is 11.8 Å². The highest BCUT2D eigenvalue weighted by molar-refractivity contribution is 6.08. The zero-order chi connectivity index (χ0) is 19.2. The summed E-state index contributed by atoms with van der Waals surface area (Å²) in [6.45, 7) is 1.89. The Balaban J connectivity index is 1.79. The van der Waals surface area contributed by atoms with E-state index in [9.17, 15) is 9.59 Å². The van der Waals surface area contributed by atoms with Crippen molar-refractivity contribution in [1.29, 1.82) is 5.26 Å². The number of hydrogen-bond donors (Lipinski definition) is 2. The van der Waals surface area contributed by atoms with Crippen molar-refractivity contribution in [3.05, 3.63) is 89.2 Å². The fourth-order valence-corrected chi connectivity index (χ4v) is 2.48. The molecule has 6 nitrogen and oxygen atoms in total. The van der Waals surface area contributed by atoms with Gasteiger partial charge in [0.15, 0.2) is 0 Å². The summed E-state index contributed by atoms with van der Waals surface area (Å²) in [7, 11) is 0. The van der Waals surface area contributed by atoms with Crippen molar-refractivity contribution in [3.63, 3.8) is 0 Å². The number of carbonyl (C=O) groups excluding carboxylic acids is 2. The number of pyridine rings is 1. The molecule has 2 N–H and O–H groups in total. The number of anilines is 2. The van der Waals surface area contributed by atoms with Crippen LogP contribution in [0.1, 0.15) is 32.0 Å². The minimum atomic E-state index is -0.426. The Bertz CT molecular complexity index is 1050. The second kappa shape index (κ2) is 7.93. The predicted molar refractivity (Wildman–Crippen MR) is 102 cm³/mol. The number of rotatable bonds is 4. The molecule has 0 saturated heterocycles. The molecule has 0 bridgehead atoms. The smallest absolute Gasteiger partial charge is 0.274 e. The number of nitriles is 1. The second-order valence-corrected chi connectivity index (χ2v) is 5.81. The van der Waals surface area contributed by atoms with Crippen LogP contribution in [0.3, 0.4) is 0 Å². The average Bonchev–Trinajstić information content (AvgIpc) is 2.70. The number of nitrogens with one attached hydrogen (secondary N) is 2. The van der Waals surface area contributed by atoms with Crippen LogP contribution in [0.15, 0.2) is 66.9 Å². The van der Waals surface area contributed by atoms with Gasteiger partial charge in [0.05, 0.1) is 11.3 Å². The van der Waals surface area contributed by atoms with E-state index >= 15 is 0 Å². The maximum atomic E-state index is 12.5. The molecule has 0 radical (unpaired) electrons. The van der Waals surface area contributed by atoms with Gasteiger partial charge in [-0.3, -0.25) is 14.6 Å². The molecule has 3 rings (SSSR count). The molecule has 0 spiro atoms. The van der Waals surface area contributed by atoms with Crippen LogP contribution in [-0.4, -0.2) is 16.8 Å². The molecule has 0 fully saturated rings. The number of hydrogen-bond acceptors (Lipinski definition) is 4. The molecule has 0 atom stereocenters. The lowest BCUT2D eigenvalue weighted by atomic mass is 10.1. The summed E-state index contributed by atoms with van der Waals surface area (Å²) < 4.78 is 0. The van der Waals surface area contributed by atoms with Gasteiger partial charge in [0.2, 0.25) is 0 Å². The summed E-state index contributed by atoms with van der Waals surface area (Å²) in [5.41, 5.74) is 2.77. The molecule has 3 aromatic rings. The number of nitrogens with zero attached hydrogens (tertiary/aromatic N) is 2. The lowest BCUT2D eigenvalue weighted by Crippen LogP contribution is -2.17. The summed E-state index contributed by atoms with van der Waals surface area (Å²) in [6, 6.07) is 19.0. The Hall–Kier alpha value is -3.98. The first-order valence-electron chi connectivity index (χ1n) is 8.22. The van der Waals surface area contributed by atoms with Crippen LogP contribution in [-0.2, 0) is 0 Å². The van der Waals surface area contributed by atoms with Crippen LogP contribution in [0.2, 0.25) is 0 Å². The van der Waals surface area contributed by atoms with Gasteiger partial charge in [0.25, 0.3) is 11.8 Å². The fourth-order valence-electron chi connectivity index (χ4n) is 2.48. The number of para-hydroxylation sites is 2. The molecular weight excluding hydrogens is 340 g/mol. The van der Waals surface area contributed by atoms with Crippen LogP contribution in [0.4, 0.5) is 11.4 Å². The fraction of sp³-hybridized carbons (Fsp3) is 0.0476. The summed E-state index contributed by atoms with van der Waals surface area (Å²) in [4.78, 5) is 29.0. The Labute approximate surface area is 156 Å². The van der Waals surface area contributed by atoms with E-state index in [2.05, 4.69) is 15.6 Å². The van der Waals surface area contributed by atoms with Gasteiger partial charge in [-0.1, -0.05) is 30.3 Å². The van der Waals surface area contributed by atoms with Crippen LogP contribution in [0.25, 0.3) is 0 Å². The zero-order valence-electron chi connectivity index (χ0n) is 14.6. The topological polar surface area (TPSA) is 94.9 Å². The van der Waals surface area contributed by atoms with Gasteiger partial charge in [-0.05, 0) is 42.8 Å². The predicted octanol–water partition coefficient (Wildman–Crippen LogP) is 3.77. The van der Waals surface area contributed by atoms with E-state index < -0.39 is 11.8 Å². The molecule has 0 unspecified atom stereocenters.